The fourth-order valence-electron chi connectivity index (χ4n) is 2.68. The van der Waals surface area contributed by atoms with Gasteiger partial charge in [0.05, 0.1) is 0 Å². The van der Waals surface area contributed by atoms with Crippen LogP contribution in [-0.4, -0.2) is 62.2 Å². The van der Waals surface area contributed by atoms with E-state index in [9.17, 15) is 0 Å². The van der Waals surface area contributed by atoms with Gasteiger partial charge < -0.3 is 10.2 Å². The predicted molar refractivity (Wildman–Crippen MR) is 75.5 cm³/mol. The monoisotopic (exact) mass is 241 g/mol. The molecule has 0 saturated carbocycles. The molecule has 0 aromatic carbocycles. The van der Waals surface area contributed by atoms with Crippen LogP contribution in [0.4, 0.5) is 0 Å². The van der Waals surface area contributed by atoms with E-state index in [-0.39, 0.29) is 0 Å². The number of rotatable bonds is 7. The van der Waals surface area contributed by atoms with E-state index in [2.05, 4.69) is 36.0 Å². The molecule has 1 saturated heterocycles. The maximum atomic E-state index is 3.49. The average Bonchev–Trinajstić information content (AvgIpc) is 2.50. The molecule has 17 heavy (non-hydrogen) atoms. The summed E-state index contributed by atoms with van der Waals surface area (Å²) in [4.78, 5) is 5.20. The Morgan fingerprint density at radius 1 is 1.18 bits per heavy atom. The van der Waals surface area contributed by atoms with Gasteiger partial charge in [0.2, 0.25) is 0 Å². The van der Waals surface area contributed by atoms with Crippen molar-refractivity contribution >= 4 is 0 Å². The molecule has 3 nitrogen and oxygen atoms in total. The zero-order valence-electron chi connectivity index (χ0n) is 12.0. The van der Waals surface area contributed by atoms with E-state index in [1.807, 2.05) is 0 Å². The second kappa shape index (κ2) is 8.90. The van der Waals surface area contributed by atoms with Crippen molar-refractivity contribution < 1.29 is 0 Å². The van der Waals surface area contributed by atoms with Gasteiger partial charge in [-0.2, -0.15) is 0 Å². The van der Waals surface area contributed by atoms with Gasteiger partial charge in [0, 0.05) is 12.6 Å². The first-order valence-corrected chi connectivity index (χ1v) is 7.41. The fraction of sp³-hybridized carbons (Fsp3) is 1.00. The van der Waals surface area contributed by atoms with Crippen LogP contribution < -0.4 is 5.32 Å². The second-order valence-electron chi connectivity index (χ2n) is 5.32. The zero-order valence-corrected chi connectivity index (χ0v) is 12.0. The van der Waals surface area contributed by atoms with Crippen LogP contribution in [0.2, 0.25) is 0 Å². The summed E-state index contributed by atoms with van der Waals surface area (Å²) in [6, 6.07) is 0.772. The SMILES string of the molecule is CCCNCCCN1CCCN(C)CC1CC. The van der Waals surface area contributed by atoms with Gasteiger partial charge in [0.1, 0.15) is 0 Å². The highest BCUT2D eigenvalue weighted by atomic mass is 15.2. The third-order valence-electron chi connectivity index (χ3n) is 3.72. The summed E-state index contributed by atoms with van der Waals surface area (Å²) < 4.78 is 0. The number of nitrogens with zero attached hydrogens (tertiary/aromatic N) is 2. The molecular formula is C14H31N3. The molecule has 0 aromatic heterocycles. The van der Waals surface area contributed by atoms with Crippen molar-refractivity contribution in [3.05, 3.63) is 0 Å². The number of hydrogen-bond donors (Lipinski definition) is 1. The van der Waals surface area contributed by atoms with Crippen LogP contribution in [0, 0.1) is 0 Å². The van der Waals surface area contributed by atoms with Crippen LogP contribution >= 0.6 is 0 Å². The smallest absolute Gasteiger partial charge is 0.0220 e. The van der Waals surface area contributed by atoms with Crippen LogP contribution in [0.5, 0.6) is 0 Å². The van der Waals surface area contributed by atoms with Crippen molar-refractivity contribution in [3.63, 3.8) is 0 Å². The molecule has 1 rings (SSSR count). The van der Waals surface area contributed by atoms with Gasteiger partial charge >= 0.3 is 0 Å². The molecule has 3 heteroatoms. The topological polar surface area (TPSA) is 18.5 Å². The Kier molecular flexibility index (Phi) is 7.82. The van der Waals surface area contributed by atoms with Crippen LogP contribution in [0.15, 0.2) is 0 Å². The summed E-state index contributed by atoms with van der Waals surface area (Å²) in [7, 11) is 2.26. The first-order chi connectivity index (χ1) is 8.27. The minimum Gasteiger partial charge on any atom is -0.317 e. The normalized spacial score (nSPS) is 23.8. The molecule has 1 aliphatic rings. The standard InChI is InChI=1S/C14H31N3/c1-4-8-15-9-6-11-17-12-7-10-16(3)13-14(17)5-2/h14-15H,4-13H2,1-3H3. The highest BCUT2D eigenvalue weighted by molar-refractivity contribution is 4.77. The summed E-state index contributed by atoms with van der Waals surface area (Å²) in [6.07, 6.45) is 5.15. The lowest BCUT2D eigenvalue weighted by molar-refractivity contribution is 0.181. The van der Waals surface area contributed by atoms with E-state index in [1.54, 1.807) is 0 Å². The largest absolute Gasteiger partial charge is 0.317 e. The molecule has 1 atom stereocenters. The number of likely N-dealkylation sites (N-methyl/N-ethyl adjacent to an activating group) is 1. The molecule has 1 aliphatic heterocycles. The molecule has 0 aromatic rings. The maximum absolute atomic E-state index is 3.49. The van der Waals surface area contributed by atoms with E-state index in [0.29, 0.717) is 0 Å². The van der Waals surface area contributed by atoms with Crippen molar-refractivity contribution in [2.75, 3.05) is 46.3 Å². The molecule has 102 valence electrons. The Hall–Kier alpha value is -0.120. The van der Waals surface area contributed by atoms with Gasteiger partial charge in [-0.1, -0.05) is 13.8 Å². The summed E-state index contributed by atoms with van der Waals surface area (Å²) in [6.45, 7) is 12.0. The molecule has 0 bridgehead atoms. The Morgan fingerprint density at radius 2 is 2.00 bits per heavy atom. The van der Waals surface area contributed by atoms with Crippen molar-refractivity contribution in [2.45, 2.75) is 45.6 Å². The van der Waals surface area contributed by atoms with E-state index in [0.717, 1.165) is 6.04 Å². The Balaban J connectivity index is 2.23. The predicted octanol–water partition coefficient (Wildman–Crippen LogP) is 1.79. The quantitative estimate of drug-likeness (QED) is 0.686. The molecule has 1 unspecified atom stereocenters. The van der Waals surface area contributed by atoms with Crippen molar-refractivity contribution in [3.8, 4) is 0 Å². The molecule has 0 aliphatic carbocycles. The lowest BCUT2D eigenvalue weighted by atomic mass is 10.1. The number of hydrogen-bond acceptors (Lipinski definition) is 3. The van der Waals surface area contributed by atoms with Crippen LogP contribution in [0.1, 0.15) is 39.5 Å². The maximum Gasteiger partial charge on any atom is 0.0220 e. The van der Waals surface area contributed by atoms with Crippen molar-refractivity contribution in [1.82, 2.24) is 15.1 Å². The molecule has 1 N–H and O–H groups in total. The van der Waals surface area contributed by atoms with Gasteiger partial charge in [-0.15, -0.1) is 0 Å². The lowest BCUT2D eigenvalue weighted by Crippen LogP contribution is -2.40. The minimum absolute atomic E-state index is 0.772. The Labute approximate surface area is 108 Å². The van der Waals surface area contributed by atoms with Crippen LogP contribution in [0.3, 0.4) is 0 Å². The van der Waals surface area contributed by atoms with Gasteiger partial charge in [-0.3, -0.25) is 4.90 Å². The first kappa shape index (κ1) is 14.9. The summed E-state index contributed by atoms with van der Waals surface area (Å²) >= 11 is 0. The summed E-state index contributed by atoms with van der Waals surface area (Å²) in [5.41, 5.74) is 0. The highest BCUT2D eigenvalue weighted by Crippen LogP contribution is 2.12. The first-order valence-electron chi connectivity index (χ1n) is 7.41. The third kappa shape index (κ3) is 5.84. The molecule has 0 spiro atoms. The second-order valence-corrected chi connectivity index (χ2v) is 5.32. The molecule has 1 heterocycles. The van der Waals surface area contributed by atoms with Crippen molar-refractivity contribution in [1.29, 1.82) is 0 Å². The molecule has 0 amide bonds. The zero-order chi connectivity index (χ0) is 12.5. The van der Waals surface area contributed by atoms with E-state index in [1.165, 1.54) is 65.0 Å². The van der Waals surface area contributed by atoms with E-state index >= 15 is 0 Å². The van der Waals surface area contributed by atoms with Crippen LogP contribution in [-0.2, 0) is 0 Å². The number of nitrogens with one attached hydrogen (secondary N) is 1. The third-order valence-corrected chi connectivity index (χ3v) is 3.72. The average molecular weight is 241 g/mol. The molecule has 0 radical (unpaired) electrons. The van der Waals surface area contributed by atoms with Gasteiger partial charge in [0.25, 0.3) is 0 Å². The highest BCUT2D eigenvalue weighted by Gasteiger charge is 2.20. The fourth-order valence-corrected chi connectivity index (χ4v) is 2.68. The van der Waals surface area contributed by atoms with Crippen LogP contribution in [0.25, 0.3) is 0 Å². The van der Waals surface area contributed by atoms with Gasteiger partial charge in [0.15, 0.2) is 0 Å². The minimum atomic E-state index is 0.772. The Bertz CT molecular complexity index is 184. The van der Waals surface area contributed by atoms with Gasteiger partial charge in [-0.25, -0.2) is 0 Å². The van der Waals surface area contributed by atoms with Crippen molar-refractivity contribution in [2.24, 2.45) is 0 Å². The van der Waals surface area contributed by atoms with E-state index < -0.39 is 0 Å². The van der Waals surface area contributed by atoms with E-state index in [4.69, 9.17) is 0 Å². The van der Waals surface area contributed by atoms with Gasteiger partial charge in [-0.05, 0) is 65.5 Å². The molecule has 1 fully saturated rings. The molecular weight excluding hydrogens is 210 g/mol. The summed E-state index contributed by atoms with van der Waals surface area (Å²) in [5, 5.41) is 3.49. The summed E-state index contributed by atoms with van der Waals surface area (Å²) in [5.74, 6) is 0. The Morgan fingerprint density at radius 3 is 2.71 bits per heavy atom. The lowest BCUT2D eigenvalue weighted by Gasteiger charge is -2.30.